The third kappa shape index (κ3) is 2.87. The van der Waals surface area contributed by atoms with E-state index < -0.39 is 0 Å². The zero-order chi connectivity index (χ0) is 13.8. The molecule has 0 saturated heterocycles. The minimum atomic E-state index is 0.485. The molecule has 19 heavy (non-hydrogen) atoms. The van der Waals surface area contributed by atoms with Crippen molar-refractivity contribution in [2.75, 3.05) is 14.2 Å². The topological polar surface area (TPSA) is 31.4 Å². The lowest BCUT2D eigenvalue weighted by atomic mass is 10.0. The number of aromatic nitrogens is 1. The molecular formula is C16H19NO2. The van der Waals surface area contributed by atoms with E-state index in [0.717, 1.165) is 22.8 Å². The Kier molecular flexibility index (Phi) is 4.05. The SMILES string of the molecule is COc1ccc(-c2ccc(C(C)C)cn2)c(OC)c1. The van der Waals surface area contributed by atoms with Gasteiger partial charge in [0, 0.05) is 17.8 Å². The molecule has 1 aromatic heterocycles. The number of pyridine rings is 1. The summed E-state index contributed by atoms with van der Waals surface area (Å²) >= 11 is 0. The molecule has 2 rings (SSSR count). The molecule has 0 atom stereocenters. The molecular weight excluding hydrogens is 238 g/mol. The highest BCUT2D eigenvalue weighted by Crippen LogP contribution is 2.32. The fourth-order valence-electron chi connectivity index (χ4n) is 1.92. The number of ether oxygens (including phenoxy) is 2. The van der Waals surface area contributed by atoms with Crippen molar-refractivity contribution in [1.82, 2.24) is 4.98 Å². The van der Waals surface area contributed by atoms with Crippen LogP contribution in [0.15, 0.2) is 36.5 Å². The Morgan fingerprint density at radius 2 is 1.79 bits per heavy atom. The van der Waals surface area contributed by atoms with Gasteiger partial charge >= 0.3 is 0 Å². The average Bonchev–Trinajstić information content (AvgIpc) is 2.46. The molecule has 1 aromatic carbocycles. The lowest BCUT2D eigenvalue weighted by Gasteiger charge is -2.11. The van der Waals surface area contributed by atoms with E-state index in [1.807, 2.05) is 30.5 Å². The molecule has 0 N–H and O–H groups in total. The fourth-order valence-corrected chi connectivity index (χ4v) is 1.92. The molecule has 0 saturated carbocycles. The van der Waals surface area contributed by atoms with Crippen molar-refractivity contribution in [3.63, 3.8) is 0 Å². The van der Waals surface area contributed by atoms with E-state index in [1.54, 1.807) is 14.2 Å². The number of nitrogens with zero attached hydrogens (tertiary/aromatic N) is 1. The van der Waals surface area contributed by atoms with Crippen LogP contribution < -0.4 is 9.47 Å². The molecule has 100 valence electrons. The Bertz CT molecular complexity index is 547. The minimum Gasteiger partial charge on any atom is -0.497 e. The van der Waals surface area contributed by atoms with Crippen LogP contribution in [-0.4, -0.2) is 19.2 Å². The molecule has 0 aliphatic carbocycles. The van der Waals surface area contributed by atoms with Gasteiger partial charge in [-0.2, -0.15) is 0 Å². The van der Waals surface area contributed by atoms with Gasteiger partial charge in [-0.25, -0.2) is 0 Å². The summed E-state index contributed by atoms with van der Waals surface area (Å²) in [7, 11) is 3.30. The Balaban J connectivity index is 2.40. The van der Waals surface area contributed by atoms with E-state index in [4.69, 9.17) is 9.47 Å². The second kappa shape index (κ2) is 5.74. The third-order valence-electron chi connectivity index (χ3n) is 3.14. The van der Waals surface area contributed by atoms with Crippen LogP contribution >= 0.6 is 0 Å². The number of hydrogen-bond donors (Lipinski definition) is 0. The molecule has 0 spiro atoms. The molecule has 0 amide bonds. The van der Waals surface area contributed by atoms with Gasteiger partial charge in [-0.05, 0) is 29.7 Å². The molecule has 0 aliphatic rings. The van der Waals surface area contributed by atoms with Crippen LogP contribution in [0, 0.1) is 0 Å². The Hall–Kier alpha value is -2.03. The van der Waals surface area contributed by atoms with Crippen LogP contribution in [0.3, 0.4) is 0 Å². The smallest absolute Gasteiger partial charge is 0.131 e. The average molecular weight is 257 g/mol. The highest BCUT2D eigenvalue weighted by atomic mass is 16.5. The summed E-state index contributed by atoms with van der Waals surface area (Å²) < 4.78 is 10.6. The van der Waals surface area contributed by atoms with Gasteiger partial charge in [-0.15, -0.1) is 0 Å². The lowest BCUT2D eigenvalue weighted by Crippen LogP contribution is -1.94. The second-order valence-corrected chi connectivity index (χ2v) is 4.70. The summed E-state index contributed by atoms with van der Waals surface area (Å²) in [6, 6.07) is 9.88. The second-order valence-electron chi connectivity index (χ2n) is 4.70. The molecule has 0 bridgehead atoms. The Morgan fingerprint density at radius 3 is 2.32 bits per heavy atom. The van der Waals surface area contributed by atoms with E-state index in [0.29, 0.717) is 5.92 Å². The van der Waals surface area contributed by atoms with Crippen LogP contribution in [-0.2, 0) is 0 Å². The summed E-state index contributed by atoms with van der Waals surface area (Å²) in [6.45, 7) is 4.31. The van der Waals surface area contributed by atoms with Crippen molar-refractivity contribution in [1.29, 1.82) is 0 Å². The third-order valence-corrected chi connectivity index (χ3v) is 3.14. The Labute approximate surface area is 114 Å². The number of rotatable bonds is 4. The zero-order valence-corrected chi connectivity index (χ0v) is 11.8. The highest BCUT2D eigenvalue weighted by Gasteiger charge is 2.09. The summed E-state index contributed by atoms with van der Waals surface area (Å²) in [6.07, 6.45) is 1.92. The molecule has 0 unspecified atom stereocenters. The van der Waals surface area contributed by atoms with Crippen molar-refractivity contribution in [2.45, 2.75) is 19.8 Å². The first-order chi connectivity index (χ1) is 9.15. The summed E-state index contributed by atoms with van der Waals surface area (Å²) in [5, 5.41) is 0. The van der Waals surface area contributed by atoms with E-state index in [9.17, 15) is 0 Å². The number of methoxy groups -OCH3 is 2. The van der Waals surface area contributed by atoms with Gasteiger partial charge in [0.2, 0.25) is 0 Å². The van der Waals surface area contributed by atoms with Crippen LogP contribution in [0.25, 0.3) is 11.3 Å². The summed E-state index contributed by atoms with van der Waals surface area (Å²) in [5.41, 5.74) is 3.11. The predicted octanol–water partition coefficient (Wildman–Crippen LogP) is 3.89. The van der Waals surface area contributed by atoms with Crippen LogP contribution in [0.1, 0.15) is 25.3 Å². The molecule has 1 heterocycles. The maximum Gasteiger partial charge on any atom is 0.131 e. The fraction of sp³-hybridized carbons (Fsp3) is 0.312. The maximum atomic E-state index is 5.40. The number of hydrogen-bond acceptors (Lipinski definition) is 3. The van der Waals surface area contributed by atoms with Gasteiger partial charge < -0.3 is 9.47 Å². The highest BCUT2D eigenvalue weighted by molar-refractivity contribution is 5.68. The monoisotopic (exact) mass is 257 g/mol. The van der Waals surface area contributed by atoms with Crippen molar-refractivity contribution < 1.29 is 9.47 Å². The van der Waals surface area contributed by atoms with E-state index in [2.05, 4.69) is 24.9 Å². The van der Waals surface area contributed by atoms with Crippen LogP contribution in [0.2, 0.25) is 0 Å². The molecule has 0 fully saturated rings. The zero-order valence-electron chi connectivity index (χ0n) is 11.8. The molecule has 3 heteroatoms. The van der Waals surface area contributed by atoms with Gasteiger partial charge in [0.1, 0.15) is 11.5 Å². The number of benzene rings is 1. The van der Waals surface area contributed by atoms with E-state index in [-0.39, 0.29) is 0 Å². The maximum absolute atomic E-state index is 5.40. The minimum absolute atomic E-state index is 0.485. The molecule has 0 aliphatic heterocycles. The largest absolute Gasteiger partial charge is 0.497 e. The Morgan fingerprint density at radius 1 is 1.00 bits per heavy atom. The first-order valence-corrected chi connectivity index (χ1v) is 6.34. The van der Waals surface area contributed by atoms with Gasteiger partial charge in [0.15, 0.2) is 0 Å². The van der Waals surface area contributed by atoms with Crippen LogP contribution in [0.4, 0.5) is 0 Å². The van der Waals surface area contributed by atoms with Gasteiger partial charge in [-0.3, -0.25) is 4.98 Å². The molecule has 0 radical (unpaired) electrons. The van der Waals surface area contributed by atoms with E-state index >= 15 is 0 Å². The first kappa shape index (κ1) is 13.4. The van der Waals surface area contributed by atoms with Gasteiger partial charge in [0.05, 0.1) is 19.9 Å². The molecule has 3 nitrogen and oxygen atoms in total. The van der Waals surface area contributed by atoms with Gasteiger partial charge in [-0.1, -0.05) is 19.9 Å². The summed E-state index contributed by atoms with van der Waals surface area (Å²) in [4.78, 5) is 4.51. The first-order valence-electron chi connectivity index (χ1n) is 6.34. The van der Waals surface area contributed by atoms with Crippen molar-refractivity contribution in [3.05, 3.63) is 42.1 Å². The van der Waals surface area contributed by atoms with Crippen molar-refractivity contribution in [2.24, 2.45) is 0 Å². The van der Waals surface area contributed by atoms with Crippen molar-refractivity contribution >= 4 is 0 Å². The van der Waals surface area contributed by atoms with Crippen molar-refractivity contribution in [3.8, 4) is 22.8 Å². The lowest BCUT2D eigenvalue weighted by molar-refractivity contribution is 0.395. The molecule has 2 aromatic rings. The standard InChI is InChI=1S/C16H19NO2/c1-11(2)12-5-8-15(17-10-12)14-7-6-13(18-3)9-16(14)19-4/h5-11H,1-4H3. The predicted molar refractivity (Wildman–Crippen MR) is 76.9 cm³/mol. The van der Waals surface area contributed by atoms with Crippen LogP contribution in [0.5, 0.6) is 11.5 Å². The quantitative estimate of drug-likeness (QED) is 0.832. The normalized spacial score (nSPS) is 10.6. The van der Waals surface area contributed by atoms with E-state index in [1.165, 1.54) is 5.56 Å². The summed E-state index contributed by atoms with van der Waals surface area (Å²) in [5.74, 6) is 2.03. The van der Waals surface area contributed by atoms with Gasteiger partial charge in [0.25, 0.3) is 0 Å².